The lowest BCUT2D eigenvalue weighted by atomic mass is 10.1. The molecule has 184 valence electrons. The van der Waals surface area contributed by atoms with Crippen LogP contribution >= 0.6 is 11.8 Å². The number of benzene rings is 3. The molecule has 0 atom stereocenters. The predicted molar refractivity (Wildman–Crippen MR) is 137 cm³/mol. The Kier molecular flexibility index (Phi) is 9.20. The number of carboxylic acid groups (broad SMARTS) is 1. The van der Waals surface area contributed by atoms with Gasteiger partial charge in [-0.3, -0.25) is 0 Å². The summed E-state index contributed by atoms with van der Waals surface area (Å²) < 4.78 is 11.0. The minimum Gasteiger partial charge on any atom is -0.481 e. The minimum atomic E-state index is -1.01. The summed E-state index contributed by atoms with van der Waals surface area (Å²) in [6.07, 6.45) is 0.362. The second-order valence-electron chi connectivity index (χ2n) is 9.01. The Morgan fingerprint density at radius 3 is 2.20 bits per heavy atom. The lowest BCUT2D eigenvalue weighted by Gasteiger charge is -2.27. The zero-order valence-electron chi connectivity index (χ0n) is 20.3. The monoisotopic (exact) mass is 493 g/mol. The summed E-state index contributed by atoms with van der Waals surface area (Å²) in [5, 5.41) is 8.88. The fourth-order valence-corrected chi connectivity index (χ4v) is 4.17. The molecule has 6 nitrogen and oxygen atoms in total. The van der Waals surface area contributed by atoms with Crippen LogP contribution in [-0.2, 0) is 22.5 Å². The molecule has 1 amide bonds. The zero-order chi connectivity index (χ0) is 25.3. The van der Waals surface area contributed by atoms with E-state index in [0.29, 0.717) is 25.3 Å². The smallest absolute Gasteiger partial charge is 0.410 e. The van der Waals surface area contributed by atoms with Gasteiger partial charge in [0.05, 0.1) is 4.90 Å². The van der Waals surface area contributed by atoms with E-state index >= 15 is 0 Å². The van der Waals surface area contributed by atoms with Crippen molar-refractivity contribution in [1.82, 2.24) is 4.90 Å². The molecule has 35 heavy (non-hydrogen) atoms. The van der Waals surface area contributed by atoms with E-state index < -0.39 is 11.6 Å². The minimum absolute atomic E-state index is 0.327. The highest BCUT2D eigenvalue weighted by Gasteiger charge is 2.22. The number of hydrogen-bond donors (Lipinski definition) is 1. The lowest BCUT2D eigenvalue weighted by Crippen LogP contribution is -2.37. The van der Waals surface area contributed by atoms with E-state index in [-0.39, 0.29) is 12.7 Å². The van der Waals surface area contributed by atoms with Gasteiger partial charge in [-0.2, -0.15) is 0 Å². The average molecular weight is 494 g/mol. The maximum absolute atomic E-state index is 12.8. The van der Waals surface area contributed by atoms with Crippen molar-refractivity contribution in [3.8, 4) is 5.75 Å². The molecule has 0 heterocycles. The normalized spacial score (nSPS) is 11.1. The molecule has 0 aliphatic rings. The van der Waals surface area contributed by atoms with Crippen molar-refractivity contribution >= 4 is 23.8 Å². The van der Waals surface area contributed by atoms with E-state index in [0.717, 1.165) is 20.9 Å². The van der Waals surface area contributed by atoms with E-state index in [1.165, 1.54) is 11.8 Å². The van der Waals surface area contributed by atoms with Crippen LogP contribution in [0.15, 0.2) is 88.7 Å². The van der Waals surface area contributed by atoms with Gasteiger partial charge in [0.1, 0.15) is 11.4 Å². The molecule has 0 unspecified atom stereocenters. The van der Waals surface area contributed by atoms with Crippen LogP contribution in [0.5, 0.6) is 5.75 Å². The molecule has 0 saturated carbocycles. The van der Waals surface area contributed by atoms with Crippen molar-refractivity contribution in [1.29, 1.82) is 0 Å². The Balaban J connectivity index is 1.64. The van der Waals surface area contributed by atoms with E-state index in [1.807, 2.05) is 93.6 Å². The quantitative estimate of drug-likeness (QED) is 0.358. The molecule has 0 aliphatic carbocycles. The highest BCUT2D eigenvalue weighted by Crippen LogP contribution is 2.35. The van der Waals surface area contributed by atoms with Gasteiger partial charge in [-0.25, -0.2) is 9.59 Å². The Morgan fingerprint density at radius 1 is 0.886 bits per heavy atom. The van der Waals surface area contributed by atoms with Gasteiger partial charge in [0.25, 0.3) is 0 Å². The van der Waals surface area contributed by atoms with Gasteiger partial charge < -0.3 is 19.5 Å². The summed E-state index contributed by atoms with van der Waals surface area (Å²) in [6, 6.07) is 25.4. The molecule has 0 saturated heterocycles. The number of hydrogen-bond acceptors (Lipinski definition) is 5. The van der Waals surface area contributed by atoms with Crippen LogP contribution in [0.4, 0.5) is 4.79 Å². The first-order valence-electron chi connectivity index (χ1n) is 11.4. The van der Waals surface area contributed by atoms with E-state index in [1.54, 1.807) is 11.0 Å². The van der Waals surface area contributed by atoms with Crippen molar-refractivity contribution in [2.75, 3.05) is 13.2 Å². The number of ether oxygens (including phenoxy) is 2. The molecule has 1 N–H and O–H groups in total. The lowest BCUT2D eigenvalue weighted by molar-refractivity contribution is -0.139. The molecule has 0 fully saturated rings. The Hall–Kier alpha value is -3.45. The molecule has 0 aliphatic heterocycles. The molecule has 0 radical (unpaired) electrons. The van der Waals surface area contributed by atoms with Crippen molar-refractivity contribution in [3.63, 3.8) is 0 Å². The van der Waals surface area contributed by atoms with Gasteiger partial charge in [0.2, 0.25) is 0 Å². The van der Waals surface area contributed by atoms with E-state index in [4.69, 9.17) is 14.6 Å². The molecule has 0 aromatic heterocycles. The van der Waals surface area contributed by atoms with Crippen LogP contribution < -0.4 is 4.74 Å². The zero-order valence-corrected chi connectivity index (χ0v) is 21.1. The predicted octanol–water partition coefficient (Wildman–Crippen LogP) is 6.28. The summed E-state index contributed by atoms with van der Waals surface area (Å²) >= 11 is 1.51. The molecule has 3 aromatic rings. The Morgan fingerprint density at radius 2 is 1.54 bits per heavy atom. The van der Waals surface area contributed by atoms with E-state index in [9.17, 15) is 9.59 Å². The first kappa shape index (κ1) is 26.2. The summed E-state index contributed by atoms with van der Waals surface area (Å²) in [7, 11) is 0. The Bertz CT molecular complexity index is 1110. The maximum atomic E-state index is 12.8. The average Bonchev–Trinajstić information content (AvgIpc) is 2.81. The maximum Gasteiger partial charge on any atom is 0.410 e. The SMILES string of the molecule is CC(C)(C)OC(=O)N(CCc1ccc(Sc2ccccc2OCC(=O)O)cc1)Cc1ccccc1. The number of rotatable bonds is 10. The van der Waals surface area contributed by atoms with Crippen molar-refractivity contribution < 1.29 is 24.2 Å². The summed E-state index contributed by atoms with van der Waals surface area (Å²) in [6.45, 7) is 6.24. The van der Waals surface area contributed by atoms with Gasteiger partial charge in [-0.15, -0.1) is 0 Å². The highest BCUT2D eigenvalue weighted by molar-refractivity contribution is 7.99. The van der Waals surface area contributed by atoms with Crippen molar-refractivity contribution in [2.24, 2.45) is 0 Å². The second kappa shape index (κ2) is 12.3. The number of nitrogens with zero attached hydrogens (tertiary/aromatic N) is 1. The van der Waals surface area contributed by atoms with Gasteiger partial charge in [-0.05, 0) is 62.6 Å². The standard InChI is InChI=1S/C28H31NO5S/c1-28(2,3)34-27(32)29(19-22-9-5-4-6-10-22)18-17-21-13-15-23(16-14-21)35-25-12-8-7-11-24(25)33-20-26(30)31/h4-16H,17-20H2,1-3H3,(H,30,31). The summed E-state index contributed by atoms with van der Waals surface area (Å²) in [5.41, 5.74) is 1.59. The molecule has 3 aromatic carbocycles. The topological polar surface area (TPSA) is 76.1 Å². The van der Waals surface area contributed by atoms with Crippen LogP contribution in [0.25, 0.3) is 0 Å². The number of carboxylic acids is 1. The summed E-state index contributed by atoms with van der Waals surface area (Å²) in [5.74, 6) is -0.472. The van der Waals surface area contributed by atoms with Gasteiger partial charge in [0.15, 0.2) is 6.61 Å². The first-order valence-corrected chi connectivity index (χ1v) is 12.2. The van der Waals surface area contributed by atoms with Crippen molar-refractivity contribution in [3.05, 3.63) is 90.0 Å². The third-order valence-corrected chi connectivity index (χ3v) is 5.95. The molecule has 7 heteroatoms. The first-order chi connectivity index (χ1) is 16.7. The number of amides is 1. The van der Waals surface area contributed by atoms with Crippen LogP contribution in [0.3, 0.4) is 0 Å². The fourth-order valence-electron chi connectivity index (χ4n) is 3.27. The van der Waals surface area contributed by atoms with Crippen LogP contribution in [0, 0.1) is 0 Å². The number of aliphatic carboxylic acids is 1. The largest absolute Gasteiger partial charge is 0.481 e. The molecule has 3 rings (SSSR count). The van der Waals surface area contributed by atoms with Gasteiger partial charge in [0, 0.05) is 18.0 Å². The van der Waals surface area contributed by atoms with Crippen LogP contribution in [0.1, 0.15) is 31.9 Å². The van der Waals surface area contributed by atoms with Crippen molar-refractivity contribution in [2.45, 2.75) is 49.1 Å². The number of carbonyl (C=O) groups excluding carboxylic acids is 1. The molecule has 0 bridgehead atoms. The molecule has 0 spiro atoms. The Labute approximate surface area is 210 Å². The molecular weight excluding hydrogens is 462 g/mol. The molecular formula is C28H31NO5S. The van der Waals surface area contributed by atoms with Gasteiger partial charge >= 0.3 is 12.1 Å². The highest BCUT2D eigenvalue weighted by atomic mass is 32.2. The summed E-state index contributed by atoms with van der Waals surface area (Å²) in [4.78, 5) is 27.2. The second-order valence-corrected chi connectivity index (χ2v) is 10.1. The third kappa shape index (κ3) is 9.02. The van der Waals surface area contributed by atoms with Gasteiger partial charge in [-0.1, -0.05) is 66.4 Å². The third-order valence-electron chi connectivity index (χ3n) is 4.89. The number of carbonyl (C=O) groups is 2. The fraction of sp³-hybridized carbons (Fsp3) is 0.286. The van der Waals surface area contributed by atoms with E-state index in [2.05, 4.69) is 0 Å². The number of para-hydroxylation sites is 1. The van der Waals surface area contributed by atoms with Crippen LogP contribution in [-0.4, -0.2) is 40.8 Å². The van der Waals surface area contributed by atoms with Crippen LogP contribution in [0.2, 0.25) is 0 Å².